The minimum Gasteiger partial charge on any atom is -0.497 e. The molecule has 2 N–H and O–H groups in total. The van der Waals surface area contributed by atoms with Gasteiger partial charge < -0.3 is 24.7 Å². The Morgan fingerprint density at radius 3 is 2.36 bits per heavy atom. The highest BCUT2D eigenvalue weighted by molar-refractivity contribution is 8.10. The smallest absolute Gasteiger partial charge is 0.357 e. The summed E-state index contributed by atoms with van der Waals surface area (Å²) in [4.78, 5) is 40.9. The molecule has 10 heteroatoms. The second-order valence-corrected chi connectivity index (χ2v) is 10.0. The summed E-state index contributed by atoms with van der Waals surface area (Å²) in [5, 5.41) is -0.378. The molecule has 204 valence electrons. The maximum absolute atomic E-state index is 14.1. The van der Waals surface area contributed by atoms with Crippen molar-refractivity contribution in [1.82, 2.24) is 4.57 Å². The first-order chi connectivity index (χ1) is 18.7. The van der Waals surface area contributed by atoms with Gasteiger partial charge in [-0.05, 0) is 62.2 Å². The Labute approximate surface area is 230 Å². The lowest BCUT2D eigenvalue weighted by Gasteiger charge is -2.24. The highest BCUT2D eigenvalue weighted by Gasteiger charge is 2.38. The van der Waals surface area contributed by atoms with Crippen LogP contribution in [-0.4, -0.2) is 49.3 Å². The molecule has 0 aliphatic carbocycles. The van der Waals surface area contributed by atoms with Crippen LogP contribution in [0.1, 0.15) is 52.4 Å². The quantitative estimate of drug-likeness (QED) is 0.422. The number of hydrogen-bond acceptors (Lipinski definition) is 9. The molecule has 39 heavy (non-hydrogen) atoms. The number of methoxy groups -OCH3 is 2. The molecule has 0 unspecified atom stereocenters. The lowest BCUT2D eigenvalue weighted by Crippen LogP contribution is -2.43. The number of carbonyl (C=O) groups excluding carboxylic acids is 3. The summed E-state index contributed by atoms with van der Waals surface area (Å²) in [7, 11) is 3.07. The second kappa shape index (κ2) is 11.7. The van der Waals surface area contributed by atoms with Crippen molar-refractivity contribution < 1.29 is 33.3 Å². The van der Waals surface area contributed by atoms with Crippen LogP contribution in [0.5, 0.6) is 11.5 Å². The molecule has 2 heterocycles. The van der Waals surface area contributed by atoms with Crippen LogP contribution in [0.15, 0.2) is 48.5 Å². The number of hydrogen-bond donors (Lipinski definition) is 1. The predicted molar refractivity (Wildman–Crippen MR) is 149 cm³/mol. The van der Waals surface area contributed by atoms with E-state index in [4.69, 9.17) is 24.7 Å². The van der Waals surface area contributed by atoms with Gasteiger partial charge in [-0.15, -0.1) is 0 Å². The zero-order valence-corrected chi connectivity index (χ0v) is 23.2. The Bertz CT molecular complexity index is 1560. The molecule has 3 aromatic rings. The number of nitrogen functional groups attached to an aromatic ring is 1. The molecular formula is C29H30N2O7S. The number of esters is 2. The van der Waals surface area contributed by atoms with Gasteiger partial charge in [0, 0.05) is 5.22 Å². The normalized spacial score (nSPS) is 15.2. The molecule has 0 saturated carbocycles. The van der Waals surface area contributed by atoms with Gasteiger partial charge in [-0.1, -0.05) is 36.0 Å². The number of nitrogens with two attached hydrogens (primary N) is 1. The molecule has 0 fully saturated rings. The maximum atomic E-state index is 14.1. The number of aromatic nitrogens is 1. The zero-order chi connectivity index (χ0) is 28.3. The molecular weight excluding hydrogens is 520 g/mol. The standard InChI is InChI=1S/C29H30N2O7S/c1-6-37-28(33)24-22(30)21(14-17-9-7-11-19(13-17)35-4)23-26(29(34)38-16(2)3)39-25(27(32)31(23)24)18-10-8-12-20(15-18)36-5/h7-16,25H,6,30H2,1-5H3/b21-14+/t25-/m1/s1. The molecule has 2 aromatic carbocycles. The molecule has 4 rings (SSSR count). The summed E-state index contributed by atoms with van der Waals surface area (Å²) in [5.41, 5.74) is 7.71. The zero-order valence-electron chi connectivity index (χ0n) is 22.3. The molecule has 0 bridgehead atoms. The number of fused-ring (bicyclic) bond motifs is 1. The molecule has 1 aliphatic rings. The first-order valence-corrected chi connectivity index (χ1v) is 13.2. The third kappa shape index (κ3) is 5.51. The fourth-order valence-corrected chi connectivity index (χ4v) is 5.45. The van der Waals surface area contributed by atoms with Crippen LogP contribution < -0.4 is 25.8 Å². The summed E-state index contributed by atoms with van der Waals surface area (Å²) in [6, 6.07) is 14.2. The average molecular weight is 551 g/mol. The first kappa shape index (κ1) is 27.8. The molecule has 9 nitrogen and oxygen atoms in total. The largest absolute Gasteiger partial charge is 0.497 e. The maximum Gasteiger partial charge on any atom is 0.357 e. The van der Waals surface area contributed by atoms with Gasteiger partial charge in [0.15, 0.2) is 5.69 Å². The van der Waals surface area contributed by atoms with E-state index in [1.165, 1.54) is 11.7 Å². The van der Waals surface area contributed by atoms with Crippen molar-refractivity contribution in [2.24, 2.45) is 0 Å². The van der Waals surface area contributed by atoms with Gasteiger partial charge >= 0.3 is 11.9 Å². The fourth-order valence-electron chi connectivity index (χ4n) is 4.27. The van der Waals surface area contributed by atoms with Crippen molar-refractivity contribution in [3.63, 3.8) is 0 Å². The minimum atomic E-state index is -0.882. The van der Waals surface area contributed by atoms with Crippen LogP contribution >= 0.6 is 11.8 Å². The van der Waals surface area contributed by atoms with E-state index in [1.54, 1.807) is 76.4 Å². The minimum absolute atomic E-state index is 0.0151. The van der Waals surface area contributed by atoms with Crippen molar-refractivity contribution in [2.75, 3.05) is 26.6 Å². The van der Waals surface area contributed by atoms with E-state index in [2.05, 4.69) is 0 Å². The summed E-state index contributed by atoms with van der Waals surface area (Å²) in [5.74, 6) is -0.715. The highest BCUT2D eigenvalue weighted by atomic mass is 32.2. The van der Waals surface area contributed by atoms with E-state index >= 15 is 0 Å². The Morgan fingerprint density at radius 2 is 1.72 bits per heavy atom. The lowest BCUT2D eigenvalue weighted by atomic mass is 10.1. The van der Waals surface area contributed by atoms with E-state index in [0.29, 0.717) is 27.8 Å². The number of benzene rings is 2. The van der Waals surface area contributed by atoms with Gasteiger partial charge in [-0.2, -0.15) is 0 Å². The Hall–Kier alpha value is -4.18. The van der Waals surface area contributed by atoms with Crippen LogP contribution in [0, 0.1) is 0 Å². The monoisotopic (exact) mass is 550 g/mol. The molecule has 0 radical (unpaired) electrons. The highest BCUT2D eigenvalue weighted by Crippen LogP contribution is 2.40. The molecule has 1 aromatic heterocycles. The third-order valence-corrected chi connectivity index (χ3v) is 7.25. The third-order valence-electron chi connectivity index (χ3n) is 5.94. The van der Waals surface area contributed by atoms with E-state index in [9.17, 15) is 14.4 Å². The van der Waals surface area contributed by atoms with Crippen molar-refractivity contribution >= 4 is 46.3 Å². The van der Waals surface area contributed by atoms with E-state index in [1.807, 2.05) is 6.07 Å². The van der Waals surface area contributed by atoms with Gasteiger partial charge in [0.25, 0.3) is 0 Å². The van der Waals surface area contributed by atoms with Gasteiger partial charge in [-0.3, -0.25) is 9.36 Å². The number of nitrogens with zero attached hydrogens (tertiary/aromatic N) is 1. The Morgan fingerprint density at radius 1 is 1.05 bits per heavy atom. The first-order valence-electron chi connectivity index (χ1n) is 12.3. The SMILES string of the molecule is CCOC(=O)c1c(N)/c(=C\c2cccc(OC)c2)c2n1C(=O)[C@@H](c1cccc(OC)c1)SC=2C(=O)OC(C)C. The number of thioether (sulfide) groups is 1. The fraction of sp³-hybridized carbons (Fsp3) is 0.276. The molecule has 1 atom stereocenters. The second-order valence-electron chi connectivity index (χ2n) is 8.90. The van der Waals surface area contributed by atoms with Crippen LogP contribution in [0.3, 0.4) is 0 Å². The van der Waals surface area contributed by atoms with Crippen molar-refractivity contribution in [1.29, 1.82) is 0 Å². The average Bonchev–Trinajstić information content (AvgIpc) is 3.21. The summed E-state index contributed by atoms with van der Waals surface area (Å²) in [6.45, 7) is 5.20. The Balaban J connectivity index is 2.09. The van der Waals surface area contributed by atoms with Crippen LogP contribution in [0.25, 0.3) is 11.0 Å². The van der Waals surface area contributed by atoms with Gasteiger partial charge in [0.05, 0.1) is 38.0 Å². The topological polar surface area (TPSA) is 119 Å². The number of anilines is 1. The molecule has 0 amide bonds. The van der Waals surface area contributed by atoms with Crippen molar-refractivity contribution in [3.05, 3.63) is 75.9 Å². The van der Waals surface area contributed by atoms with Crippen molar-refractivity contribution in [2.45, 2.75) is 32.1 Å². The van der Waals surface area contributed by atoms with E-state index in [-0.39, 0.29) is 28.2 Å². The summed E-state index contributed by atoms with van der Waals surface area (Å²) < 4.78 is 22.7. The number of rotatable bonds is 8. The van der Waals surface area contributed by atoms with Crippen LogP contribution in [0.4, 0.5) is 5.69 Å². The number of carbonyl (C=O) groups is 3. The van der Waals surface area contributed by atoms with Gasteiger partial charge in [0.2, 0.25) is 5.91 Å². The predicted octanol–water partition coefficient (Wildman–Crippen LogP) is 3.28. The molecule has 0 saturated heterocycles. The Kier molecular flexibility index (Phi) is 8.35. The van der Waals surface area contributed by atoms with E-state index in [0.717, 1.165) is 11.8 Å². The van der Waals surface area contributed by atoms with Crippen molar-refractivity contribution in [3.8, 4) is 11.5 Å². The summed E-state index contributed by atoms with van der Waals surface area (Å²) in [6.07, 6.45) is 1.28. The van der Waals surface area contributed by atoms with Crippen LogP contribution in [-0.2, 0) is 14.3 Å². The lowest BCUT2D eigenvalue weighted by molar-refractivity contribution is -0.139. The summed E-state index contributed by atoms with van der Waals surface area (Å²) >= 11 is 1.05. The number of ether oxygens (including phenoxy) is 4. The van der Waals surface area contributed by atoms with Gasteiger partial charge in [0.1, 0.15) is 21.7 Å². The molecule has 0 spiro atoms. The van der Waals surface area contributed by atoms with Crippen LogP contribution in [0.2, 0.25) is 0 Å². The van der Waals surface area contributed by atoms with Gasteiger partial charge in [-0.25, -0.2) is 9.59 Å². The van der Waals surface area contributed by atoms with E-state index < -0.39 is 29.2 Å². The molecule has 1 aliphatic heterocycles.